The van der Waals surface area contributed by atoms with Crippen LogP contribution in [0.2, 0.25) is 0 Å². The second kappa shape index (κ2) is 7.04. The van der Waals surface area contributed by atoms with Crippen molar-refractivity contribution in [3.8, 4) is 0 Å². The summed E-state index contributed by atoms with van der Waals surface area (Å²) in [7, 11) is 1.71. The van der Waals surface area contributed by atoms with E-state index in [0.29, 0.717) is 36.9 Å². The number of hydrogen-bond acceptors (Lipinski definition) is 5. The number of rotatable bonds is 5. The summed E-state index contributed by atoms with van der Waals surface area (Å²) >= 11 is 0. The van der Waals surface area contributed by atoms with Crippen molar-refractivity contribution in [3.63, 3.8) is 0 Å². The third kappa shape index (κ3) is 3.23. The number of para-hydroxylation sites is 2. The van der Waals surface area contributed by atoms with Crippen LogP contribution in [0, 0.1) is 5.92 Å². The standard InChI is InChI=1S/C19H25N3O3/c1-24-12-4-10-22-16-9-11-21(13-14(16)7-8-18(22)23)19-20-15-5-2-3-6-17(15)25-19/h2-3,5-6,14,16H,4,7-13H2,1H3/t14-,16+/m0/s1. The van der Waals surface area contributed by atoms with Crippen LogP contribution in [0.25, 0.3) is 11.1 Å². The maximum Gasteiger partial charge on any atom is 0.298 e. The Bertz CT molecular complexity index is 711. The number of oxazole rings is 1. The fraction of sp³-hybridized carbons (Fsp3) is 0.579. The molecule has 0 saturated carbocycles. The highest BCUT2D eigenvalue weighted by atomic mass is 16.5. The molecule has 0 spiro atoms. The van der Waals surface area contributed by atoms with Gasteiger partial charge in [-0.25, -0.2) is 0 Å². The van der Waals surface area contributed by atoms with Crippen molar-refractivity contribution in [3.05, 3.63) is 24.3 Å². The average Bonchev–Trinajstić information content (AvgIpc) is 3.07. The van der Waals surface area contributed by atoms with E-state index in [4.69, 9.17) is 9.15 Å². The molecule has 134 valence electrons. The first-order chi connectivity index (χ1) is 12.3. The molecular weight excluding hydrogens is 318 g/mol. The lowest BCUT2D eigenvalue weighted by molar-refractivity contribution is -0.139. The Balaban J connectivity index is 1.46. The van der Waals surface area contributed by atoms with Crippen LogP contribution in [-0.2, 0) is 9.53 Å². The lowest BCUT2D eigenvalue weighted by atomic mass is 9.83. The molecular formula is C19H25N3O3. The highest BCUT2D eigenvalue weighted by Crippen LogP contribution is 2.34. The van der Waals surface area contributed by atoms with Crippen molar-refractivity contribution in [2.45, 2.75) is 31.7 Å². The minimum atomic E-state index is 0.299. The van der Waals surface area contributed by atoms with E-state index in [-0.39, 0.29) is 0 Å². The topological polar surface area (TPSA) is 58.8 Å². The van der Waals surface area contributed by atoms with Crippen molar-refractivity contribution in [2.75, 3.05) is 38.3 Å². The number of likely N-dealkylation sites (tertiary alicyclic amines) is 1. The molecule has 1 amide bonds. The number of anilines is 1. The fourth-order valence-electron chi connectivity index (χ4n) is 4.19. The maximum atomic E-state index is 12.4. The van der Waals surface area contributed by atoms with E-state index >= 15 is 0 Å². The number of piperidine rings is 2. The molecule has 2 aliphatic heterocycles. The molecule has 6 heteroatoms. The third-order valence-corrected chi connectivity index (χ3v) is 5.44. The van der Waals surface area contributed by atoms with Gasteiger partial charge in [0.15, 0.2) is 5.58 Å². The number of aromatic nitrogens is 1. The van der Waals surface area contributed by atoms with E-state index in [1.807, 2.05) is 24.3 Å². The smallest absolute Gasteiger partial charge is 0.298 e. The van der Waals surface area contributed by atoms with Gasteiger partial charge in [-0.05, 0) is 37.3 Å². The van der Waals surface area contributed by atoms with Gasteiger partial charge in [-0.1, -0.05) is 12.1 Å². The second-order valence-corrected chi connectivity index (χ2v) is 7.00. The van der Waals surface area contributed by atoms with E-state index in [1.54, 1.807) is 7.11 Å². The number of amides is 1. The lowest BCUT2D eigenvalue weighted by Crippen LogP contribution is -2.56. The molecule has 2 saturated heterocycles. The van der Waals surface area contributed by atoms with Gasteiger partial charge in [-0.15, -0.1) is 0 Å². The number of carbonyl (C=O) groups is 1. The number of carbonyl (C=O) groups excluding carboxylic acids is 1. The van der Waals surface area contributed by atoms with Crippen molar-refractivity contribution >= 4 is 23.0 Å². The summed E-state index contributed by atoms with van der Waals surface area (Å²) in [5, 5.41) is 0. The van der Waals surface area contributed by atoms with Crippen LogP contribution >= 0.6 is 0 Å². The van der Waals surface area contributed by atoms with Gasteiger partial charge in [-0.3, -0.25) is 4.79 Å². The SMILES string of the molecule is COCCCN1C(=O)CC[C@H]2CN(c3nc4ccccc4o3)CC[C@H]21. The molecule has 0 unspecified atom stereocenters. The van der Waals surface area contributed by atoms with E-state index in [9.17, 15) is 4.79 Å². The molecule has 1 aromatic carbocycles. The normalized spacial score (nSPS) is 24.0. The molecule has 6 nitrogen and oxygen atoms in total. The Kier molecular flexibility index (Phi) is 4.61. The second-order valence-electron chi connectivity index (χ2n) is 7.00. The highest BCUT2D eigenvalue weighted by Gasteiger charge is 2.39. The summed E-state index contributed by atoms with van der Waals surface area (Å²) in [6.45, 7) is 3.29. The summed E-state index contributed by atoms with van der Waals surface area (Å²) in [6.07, 6.45) is 3.49. The zero-order chi connectivity index (χ0) is 17.2. The number of nitrogens with zero attached hydrogens (tertiary/aromatic N) is 3. The van der Waals surface area contributed by atoms with Gasteiger partial charge in [0, 0.05) is 45.8 Å². The lowest BCUT2D eigenvalue weighted by Gasteiger charge is -2.46. The molecule has 0 bridgehead atoms. The van der Waals surface area contributed by atoms with Gasteiger partial charge < -0.3 is 19.0 Å². The van der Waals surface area contributed by atoms with Gasteiger partial charge in [-0.2, -0.15) is 4.98 Å². The van der Waals surface area contributed by atoms with Crippen molar-refractivity contribution in [2.24, 2.45) is 5.92 Å². The molecule has 0 radical (unpaired) electrons. The van der Waals surface area contributed by atoms with Crippen LogP contribution in [-0.4, -0.2) is 55.2 Å². The van der Waals surface area contributed by atoms with Crippen LogP contribution in [0.4, 0.5) is 6.01 Å². The third-order valence-electron chi connectivity index (χ3n) is 5.44. The summed E-state index contributed by atoms with van der Waals surface area (Å²) < 4.78 is 11.1. The van der Waals surface area contributed by atoms with Gasteiger partial charge in [0.25, 0.3) is 6.01 Å². The number of fused-ring (bicyclic) bond motifs is 2. The summed E-state index contributed by atoms with van der Waals surface area (Å²) in [5.74, 6) is 0.789. The first-order valence-corrected chi connectivity index (χ1v) is 9.15. The number of benzene rings is 1. The first-order valence-electron chi connectivity index (χ1n) is 9.15. The van der Waals surface area contributed by atoms with Crippen LogP contribution < -0.4 is 4.90 Å². The zero-order valence-corrected chi connectivity index (χ0v) is 14.7. The predicted octanol–water partition coefficient (Wildman–Crippen LogP) is 2.68. The molecule has 2 aliphatic rings. The highest BCUT2D eigenvalue weighted by molar-refractivity contribution is 5.77. The minimum Gasteiger partial charge on any atom is -0.423 e. The Morgan fingerprint density at radius 3 is 3.04 bits per heavy atom. The van der Waals surface area contributed by atoms with Gasteiger partial charge >= 0.3 is 0 Å². The van der Waals surface area contributed by atoms with Gasteiger partial charge in [0.05, 0.1) is 0 Å². The molecule has 3 heterocycles. The average molecular weight is 343 g/mol. The van der Waals surface area contributed by atoms with Gasteiger partial charge in [0.2, 0.25) is 5.91 Å². The molecule has 0 aliphatic carbocycles. The number of ether oxygens (including phenoxy) is 1. The molecule has 2 atom stereocenters. The number of hydrogen-bond donors (Lipinski definition) is 0. The molecule has 1 aromatic heterocycles. The van der Waals surface area contributed by atoms with Gasteiger partial charge in [0.1, 0.15) is 5.52 Å². The van der Waals surface area contributed by atoms with E-state index in [1.165, 1.54) is 0 Å². The van der Waals surface area contributed by atoms with E-state index in [0.717, 1.165) is 50.0 Å². The molecule has 25 heavy (non-hydrogen) atoms. The number of methoxy groups -OCH3 is 1. The molecule has 2 aromatic rings. The molecule has 2 fully saturated rings. The van der Waals surface area contributed by atoms with E-state index < -0.39 is 0 Å². The Hall–Kier alpha value is -2.08. The quantitative estimate of drug-likeness (QED) is 0.781. The van der Waals surface area contributed by atoms with Crippen LogP contribution in [0.1, 0.15) is 25.7 Å². The summed E-state index contributed by atoms with van der Waals surface area (Å²) in [5.41, 5.74) is 1.74. The van der Waals surface area contributed by atoms with E-state index in [2.05, 4.69) is 14.8 Å². The van der Waals surface area contributed by atoms with Crippen molar-refractivity contribution < 1.29 is 13.9 Å². The summed E-state index contributed by atoms with van der Waals surface area (Å²) in [4.78, 5) is 21.3. The molecule has 4 rings (SSSR count). The maximum absolute atomic E-state index is 12.4. The van der Waals surface area contributed by atoms with Crippen molar-refractivity contribution in [1.82, 2.24) is 9.88 Å². The Morgan fingerprint density at radius 2 is 2.20 bits per heavy atom. The minimum absolute atomic E-state index is 0.299. The fourth-order valence-corrected chi connectivity index (χ4v) is 4.19. The van der Waals surface area contributed by atoms with Crippen LogP contribution in [0.5, 0.6) is 0 Å². The Morgan fingerprint density at radius 1 is 1.32 bits per heavy atom. The predicted molar refractivity (Wildman–Crippen MR) is 95.6 cm³/mol. The monoisotopic (exact) mass is 343 g/mol. The Labute approximate surface area is 147 Å². The summed E-state index contributed by atoms with van der Waals surface area (Å²) in [6, 6.07) is 8.93. The van der Waals surface area contributed by atoms with Crippen LogP contribution in [0.15, 0.2) is 28.7 Å². The zero-order valence-electron chi connectivity index (χ0n) is 14.7. The van der Waals surface area contributed by atoms with Crippen molar-refractivity contribution in [1.29, 1.82) is 0 Å². The largest absolute Gasteiger partial charge is 0.423 e. The molecule has 0 N–H and O–H groups in total. The van der Waals surface area contributed by atoms with Crippen LogP contribution in [0.3, 0.4) is 0 Å². The first kappa shape index (κ1) is 16.4.